The monoisotopic (exact) mass is 374 g/mol. The highest BCUT2D eigenvalue weighted by Gasteiger charge is 2.29. The van der Waals surface area contributed by atoms with E-state index in [1.165, 1.54) is 6.07 Å². The van der Waals surface area contributed by atoms with E-state index in [1.54, 1.807) is 6.20 Å². The number of aryl methyl sites for hydroxylation is 1. The number of fused-ring (bicyclic) bond motifs is 1. The van der Waals surface area contributed by atoms with Gasteiger partial charge in [-0.15, -0.1) is 0 Å². The fraction of sp³-hybridized carbons (Fsp3) is 0.217. The van der Waals surface area contributed by atoms with Crippen molar-refractivity contribution in [3.8, 4) is 39.6 Å². The summed E-state index contributed by atoms with van der Waals surface area (Å²) in [6.07, 6.45) is 5.68. The number of H-pyrrole nitrogens is 1. The quantitative estimate of drug-likeness (QED) is 0.390. The number of aromatic amines is 1. The summed E-state index contributed by atoms with van der Waals surface area (Å²) < 4.78 is 2.16. The van der Waals surface area contributed by atoms with E-state index in [1.807, 2.05) is 24.4 Å². The molecule has 0 spiro atoms. The topological polar surface area (TPSA) is 81.4 Å². The van der Waals surface area contributed by atoms with Gasteiger partial charge in [-0.3, -0.25) is 0 Å². The Morgan fingerprint density at radius 1 is 1.00 bits per heavy atom. The number of rotatable bonds is 4. The molecule has 2 aromatic carbocycles. The van der Waals surface area contributed by atoms with E-state index in [9.17, 15) is 15.3 Å². The van der Waals surface area contributed by atoms with Crippen LogP contribution in [-0.4, -0.2) is 24.9 Å². The van der Waals surface area contributed by atoms with Crippen molar-refractivity contribution in [3.05, 3.63) is 54.4 Å². The first-order valence-electron chi connectivity index (χ1n) is 9.63. The van der Waals surface area contributed by atoms with Crippen LogP contribution in [0, 0.1) is 0 Å². The van der Waals surface area contributed by atoms with Gasteiger partial charge in [0.2, 0.25) is 0 Å². The average molecular weight is 374 g/mol. The highest BCUT2D eigenvalue weighted by molar-refractivity contribution is 6.01. The summed E-state index contributed by atoms with van der Waals surface area (Å²) in [6, 6.07) is 11.3. The highest BCUT2D eigenvalue weighted by atomic mass is 16.3. The third-order valence-corrected chi connectivity index (χ3v) is 5.71. The molecule has 0 bridgehead atoms. The van der Waals surface area contributed by atoms with Gasteiger partial charge >= 0.3 is 0 Å². The van der Waals surface area contributed by atoms with Gasteiger partial charge in [0.25, 0.3) is 0 Å². The van der Waals surface area contributed by atoms with E-state index in [2.05, 4.69) is 28.6 Å². The summed E-state index contributed by atoms with van der Waals surface area (Å²) in [5.74, 6) is 0.590. The van der Waals surface area contributed by atoms with Crippen molar-refractivity contribution in [3.63, 3.8) is 0 Å². The number of phenols is 2. The Balaban J connectivity index is 1.74. The van der Waals surface area contributed by atoms with E-state index in [0.29, 0.717) is 22.7 Å². The molecule has 4 aromatic rings. The Morgan fingerprint density at radius 3 is 2.57 bits per heavy atom. The lowest BCUT2D eigenvalue weighted by Crippen LogP contribution is -1.91. The number of nitrogens with one attached hydrogen (secondary N) is 1. The molecule has 0 amide bonds. The minimum Gasteiger partial charge on any atom is -0.508 e. The van der Waals surface area contributed by atoms with Crippen LogP contribution in [0.3, 0.4) is 0 Å². The zero-order valence-electron chi connectivity index (χ0n) is 15.6. The van der Waals surface area contributed by atoms with Gasteiger partial charge in [-0.1, -0.05) is 12.1 Å². The lowest BCUT2D eigenvalue weighted by molar-refractivity contribution is 0.447. The molecule has 142 valence electrons. The zero-order chi connectivity index (χ0) is 19.4. The molecule has 4 N–H and O–H groups in total. The fourth-order valence-electron chi connectivity index (χ4n) is 4.13. The van der Waals surface area contributed by atoms with Crippen LogP contribution in [0.25, 0.3) is 33.3 Å². The summed E-state index contributed by atoms with van der Waals surface area (Å²) in [5, 5.41) is 32.4. The van der Waals surface area contributed by atoms with Gasteiger partial charge < -0.3 is 24.9 Å². The Bertz CT molecular complexity index is 1200. The van der Waals surface area contributed by atoms with E-state index >= 15 is 0 Å². The molecule has 2 aromatic heterocycles. The second kappa shape index (κ2) is 6.09. The summed E-state index contributed by atoms with van der Waals surface area (Å²) in [5.41, 5.74) is 4.74. The molecule has 1 saturated carbocycles. The molecule has 1 aliphatic carbocycles. The molecular weight excluding hydrogens is 352 g/mol. The Labute approximate surface area is 162 Å². The highest BCUT2D eigenvalue weighted by Crippen LogP contribution is 2.49. The lowest BCUT2D eigenvalue weighted by Gasteiger charge is -2.12. The number of aromatic hydroxyl groups is 3. The van der Waals surface area contributed by atoms with Crippen LogP contribution in [0.15, 0.2) is 48.8 Å². The largest absolute Gasteiger partial charge is 0.508 e. The van der Waals surface area contributed by atoms with E-state index in [4.69, 9.17) is 0 Å². The molecule has 1 fully saturated rings. The number of benzene rings is 2. The molecule has 0 atom stereocenters. The van der Waals surface area contributed by atoms with Gasteiger partial charge in [-0.2, -0.15) is 0 Å². The molecule has 5 nitrogen and oxygen atoms in total. The number of hydrogen-bond acceptors (Lipinski definition) is 3. The molecule has 28 heavy (non-hydrogen) atoms. The predicted octanol–water partition coefficient (Wildman–Crippen LogP) is 5.32. The first kappa shape index (κ1) is 16.8. The van der Waals surface area contributed by atoms with Crippen LogP contribution in [0.2, 0.25) is 0 Å². The summed E-state index contributed by atoms with van der Waals surface area (Å²) in [4.78, 5) is 3.12. The third-order valence-electron chi connectivity index (χ3n) is 5.71. The smallest absolute Gasteiger partial charge is 0.141 e. The van der Waals surface area contributed by atoms with Gasteiger partial charge in [0.1, 0.15) is 17.2 Å². The standard InChI is InChI=1S/C23H22N2O3/c1-2-25-9-8-14-15(4-3-5-18(14)25)22-21(28)12-24-23(22)17-10-16(13-6-7-13)19(26)11-20(17)27/h3-5,8-13,24,26-28H,2,6-7H2,1H3. The Morgan fingerprint density at radius 2 is 1.82 bits per heavy atom. The van der Waals surface area contributed by atoms with E-state index < -0.39 is 0 Å². The van der Waals surface area contributed by atoms with Gasteiger partial charge in [0.05, 0.1) is 5.69 Å². The summed E-state index contributed by atoms with van der Waals surface area (Å²) in [7, 11) is 0. The normalized spacial score (nSPS) is 14.0. The van der Waals surface area contributed by atoms with E-state index in [0.717, 1.165) is 41.4 Å². The number of nitrogens with zero attached hydrogens (tertiary/aromatic N) is 1. The van der Waals surface area contributed by atoms with Crippen molar-refractivity contribution in [2.45, 2.75) is 32.2 Å². The molecular formula is C23H22N2O3. The van der Waals surface area contributed by atoms with Crippen molar-refractivity contribution >= 4 is 10.9 Å². The minimum absolute atomic E-state index is 0.0108. The maximum absolute atomic E-state index is 10.6. The SMILES string of the molecule is CCn1ccc2c(-c3c(O)c[nH]c3-c3cc(C4CC4)c(O)cc3O)cccc21. The Kier molecular flexibility index (Phi) is 3.66. The van der Waals surface area contributed by atoms with Crippen molar-refractivity contribution in [2.24, 2.45) is 0 Å². The molecule has 0 radical (unpaired) electrons. The third kappa shape index (κ3) is 2.47. The first-order valence-corrected chi connectivity index (χ1v) is 9.63. The second-order valence-electron chi connectivity index (χ2n) is 7.47. The van der Waals surface area contributed by atoms with Crippen LogP contribution >= 0.6 is 0 Å². The van der Waals surface area contributed by atoms with Crippen LogP contribution in [0.4, 0.5) is 0 Å². The summed E-state index contributed by atoms with van der Waals surface area (Å²) in [6.45, 7) is 2.96. The molecule has 1 aliphatic rings. The Hall–Kier alpha value is -3.34. The second-order valence-corrected chi connectivity index (χ2v) is 7.47. The lowest BCUT2D eigenvalue weighted by atomic mass is 9.95. The van der Waals surface area contributed by atoms with Crippen molar-refractivity contribution in [1.82, 2.24) is 9.55 Å². The van der Waals surface area contributed by atoms with Gasteiger partial charge in [-0.25, -0.2) is 0 Å². The molecule has 0 unspecified atom stereocenters. The van der Waals surface area contributed by atoms with Crippen LogP contribution in [0.1, 0.15) is 31.2 Å². The van der Waals surface area contributed by atoms with Gasteiger partial charge in [0, 0.05) is 47.0 Å². The molecule has 5 rings (SSSR count). The number of hydrogen-bond donors (Lipinski definition) is 4. The predicted molar refractivity (Wildman–Crippen MR) is 110 cm³/mol. The van der Waals surface area contributed by atoms with Crippen LogP contribution in [0.5, 0.6) is 17.2 Å². The maximum atomic E-state index is 10.6. The molecule has 2 heterocycles. The molecule has 0 aliphatic heterocycles. The van der Waals surface area contributed by atoms with Crippen molar-refractivity contribution in [2.75, 3.05) is 0 Å². The van der Waals surface area contributed by atoms with Crippen molar-refractivity contribution in [1.29, 1.82) is 0 Å². The first-order chi connectivity index (χ1) is 13.6. The number of phenolic OH excluding ortho intramolecular Hbond substituents is 2. The van der Waals surface area contributed by atoms with Crippen molar-refractivity contribution < 1.29 is 15.3 Å². The fourth-order valence-corrected chi connectivity index (χ4v) is 4.13. The maximum Gasteiger partial charge on any atom is 0.141 e. The van der Waals surface area contributed by atoms with Gasteiger partial charge in [-0.05, 0) is 55.0 Å². The zero-order valence-corrected chi connectivity index (χ0v) is 15.6. The average Bonchev–Trinajstić information content (AvgIpc) is 3.32. The van der Waals surface area contributed by atoms with Crippen LogP contribution in [-0.2, 0) is 6.54 Å². The molecule has 0 saturated heterocycles. The summed E-state index contributed by atoms with van der Waals surface area (Å²) >= 11 is 0. The number of aromatic nitrogens is 2. The van der Waals surface area contributed by atoms with Crippen LogP contribution < -0.4 is 0 Å². The minimum atomic E-state index is -0.0108. The van der Waals surface area contributed by atoms with E-state index in [-0.39, 0.29) is 17.2 Å². The molecule has 5 heteroatoms. The van der Waals surface area contributed by atoms with Gasteiger partial charge in [0.15, 0.2) is 0 Å².